The van der Waals surface area contributed by atoms with Gasteiger partial charge in [-0.05, 0) is 25.7 Å². The second-order valence-electron chi connectivity index (χ2n) is 11.4. The predicted molar refractivity (Wildman–Crippen MR) is 161 cm³/mol. The van der Waals surface area contributed by atoms with Crippen molar-refractivity contribution in [3.05, 3.63) is 0 Å². The van der Waals surface area contributed by atoms with E-state index in [4.69, 9.17) is 10.2 Å². The second-order valence-corrected chi connectivity index (χ2v) is 14.4. The molecule has 0 aromatic carbocycles. The monoisotopic (exact) mass is 720 g/mol. The smallest absolute Gasteiger partial charge is 0.748 e. The summed E-state index contributed by atoms with van der Waals surface area (Å²) in [7, 11) is -8.79. The average Bonchev–Trinajstić information content (AvgIpc) is 2.98. The van der Waals surface area contributed by atoms with Crippen LogP contribution in [0.4, 0.5) is 0 Å². The molecule has 1 saturated carbocycles. The van der Waals surface area contributed by atoms with Gasteiger partial charge in [0.05, 0.1) is 57.2 Å². The largest absolute Gasteiger partial charge is 1.00 e. The number of nitrogens with one attached hydrogen (secondary N) is 12. The third kappa shape index (κ3) is 19.3. The summed E-state index contributed by atoms with van der Waals surface area (Å²) in [5, 5.41) is 75.7. The van der Waals surface area contributed by atoms with E-state index in [0.29, 0.717) is 0 Å². The Balaban J connectivity index is 0.00000576. The van der Waals surface area contributed by atoms with Gasteiger partial charge in [-0.2, -0.15) is 0 Å². The molecule has 26 heteroatoms. The third-order valence-electron chi connectivity index (χ3n) is 7.47. The van der Waals surface area contributed by atoms with Gasteiger partial charge in [-0.25, -0.2) is 16.8 Å². The van der Waals surface area contributed by atoms with Crippen LogP contribution in [0.2, 0.25) is 0 Å². The van der Waals surface area contributed by atoms with Crippen LogP contribution in [-0.2, 0) is 20.2 Å². The van der Waals surface area contributed by atoms with Gasteiger partial charge in [0.25, 0.3) is 0 Å². The molecule has 0 spiro atoms. The quantitative estimate of drug-likeness (QED) is 0.0410. The van der Waals surface area contributed by atoms with Crippen LogP contribution in [0.25, 0.3) is 0 Å². The normalized spacial score (nSPS) is 31.3. The van der Waals surface area contributed by atoms with Gasteiger partial charge in [0.2, 0.25) is 0 Å². The Morgan fingerprint density at radius 1 is 0.562 bits per heavy atom. The summed E-state index contributed by atoms with van der Waals surface area (Å²) in [6, 6.07) is 0.193. The maximum absolute atomic E-state index is 11.0. The molecule has 8 atom stereocenters. The van der Waals surface area contributed by atoms with E-state index in [9.17, 15) is 36.2 Å². The molecule has 8 unspecified atom stereocenters. The van der Waals surface area contributed by atoms with Crippen LogP contribution in [0.5, 0.6) is 0 Å². The minimum absolute atomic E-state index is 0. The van der Waals surface area contributed by atoms with Crippen molar-refractivity contribution in [1.82, 2.24) is 63.8 Å². The van der Waals surface area contributed by atoms with E-state index >= 15 is 0 Å². The zero-order chi connectivity index (χ0) is 33.7. The van der Waals surface area contributed by atoms with Crippen molar-refractivity contribution >= 4 is 20.2 Å². The Kier molecular flexibility index (Phi) is 22.4. The van der Waals surface area contributed by atoms with Crippen molar-refractivity contribution in [2.24, 2.45) is 0 Å². The van der Waals surface area contributed by atoms with Crippen LogP contribution in [0.15, 0.2) is 0 Å². The molecule has 1 aliphatic carbocycles. The van der Waals surface area contributed by atoms with Gasteiger partial charge >= 0.3 is 37.7 Å². The minimum atomic E-state index is -4.39. The standard InChI is InChI=1S/C22H52N12O10S2.2Li/c35-11-15(37)9-25-19-29-17(23-5-7-45(39,40)41)31-21(33-19)27-13-1-2-14(4-3-13)28-22-32-18(24-6-8-46(42,43)44)30-20(34-22)26-10-16(38)12-36;;/h13-38H,1-12H2,(H,39,40,41)(H,42,43,44);;/q;2*+1/p-2. The van der Waals surface area contributed by atoms with Gasteiger partial charge in [0, 0.05) is 38.3 Å². The Labute approximate surface area is 305 Å². The second kappa shape index (κ2) is 23.1. The summed E-state index contributed by atoms with van der Waals surface area (Å²) in [5.74, 6) is -1.17. The summed E-state index contributed by atoms with van der Waals surface area (Å²) >= 11 is 0. The number of rotatable bonds is 20. The van der Waals surface area contributed by atoms with Gasteiger partial charge < -0.3 is 29.5 Å². The van der Waals surface area contributed by atoms with Gasteiger partial charge in [-0.15, -0.1) is 0 Å². The Morgan fingerprint density at radius 3 is 1.15 bits per heavy atom. The van der Waals surface area contributed by atoms with E-state index < -0.39 is 94.9 Å². The van der Waals surface area contributed by atoms with E-state index in [1.54, 1.807) is 0 Å². The van der Waals surface area contributed by atoms with E-state index in [2.05, 4.69) is 63.8 Å². The molecule has 3 rings (SSSR count). The number of aliphatic hydroxyl groups is 4. The van der Waals surface area contributed by atoms with Crippen LogP contribution in [0.3, 0.4) is 0 Å². The van der Waals surface area contributed by atoms with E-state index in [1.165, 1.54) is 0 Å². The van der Waals surface area contributed by atoms with E-state index in [1.807, 2.05) is 0 Å². The molecule has 3 fully saturated rings. The fourth-order valence-corrected chi connectivity index (χ4v) is 5.88. The molecule has 0 radical (unpaired) electrons. The molecular formula is C22H50Li2N12O10S2. The Hall–Kier alpha value is 0.375. The molecule has 2 aliphatic heterocycles. The molecule has 16 N–H and O–H groups in total. The van der Waals surface area contributed by atoms with Crippen molar-refractivity contribution in [2.45, 2.75) is 87.7 Å². The molecule has 3 aliphatic rings. The molecule has 272 valence electrons. The topological polar surface area (TPSA) is 340 Å². The molecule has 0 amide bonds. The third-order valence-corrected chi connectivity index (χ3v) is 8.88. The number of aliphatic hydroxyl groups excluding tert-OH is 4. The average molecular weight is 721 g/mol. The van der Waals surface area contributed by atoms with Crippen molar-refractivity contribution in [3.8, 4) is 0 Å². The number of hydrogen-bond acceptors (Lipinski definition) is 22. The van der Waals surface area contributed by atoms with Crippen LogP contribution in [-0.4, -0.2) is 159 Å². The van der Waals surface area contributed by atoms with E-state index in [-0.39, 0.29) is 76.0 Å². The Bertz CT molecular complexity index is 1020. The molecule has 2 saturated heterocycles. The fraction of sp³-hybridized carbons (Fsp3) is 1.00. The fourth-order valence-electron chi connectivity index (χ4n) is 5.14. The van der Waals surface area contributed by atoms with Gasteiger partial charge in [-0.3, -0.25) is 63.8 Å². The van der Waals surface area contributed by atoms with E-state index in [0.717, 1.165) is 25.7 Å². The molecule has 0 bridgehead atoms. The van der Waals surface area contributed by atoms with Crippen molar-refractivity contribution in [3.63, 3.8) is 0 Å². The summed E-state index contributed by atoms with van der Waals surface area (Å²) < 4.78 is 66.0. The van der Waals surface area contributed by atoms with Gasteiger partial charge in [0.1, 0.15) is 37.7 Å². The van der Waals surface area contributed by atoms with Crippen LogP contribution >= 0.6 is 0 Å². The first kappa shape index (κ1) is 46.4. The first-order valence-electron chi connectivity index (χ1n) is 15.2. The van der Waals surface area contributed by atoms with Crippen LogP contribution < -0.4 is 102 Å². The van der Waals surface area contributed by atoms with Crippen molar-refractivity contribution < 1.29 is 84.1 Å². The molecule has 0 aromatic heterocycles. The maximum atomic E-state index is 11.0. The molecule has 0 aromatic rings. The predicted octanol–water partition coefficient (Wildman–Crippen LogP) is -15.1. The summed E-state index contributed by atoms with van der Waals surface area (Å²) in [6.07, 6.45) is -1.94. The zero-order valence-corrected chi connectivity index (χ0v) is 28.9. The first-order valence-corrected chi connectivity index (χ1v) is 18.3. The van der Waals surface area contributed by atoms with Crippen LogP contribution in [0.1, 0.15) is 25.7 Å². The molecule has 22 nitrogen and oxygen atoms in total. The summed E-state index contributed by atoms with van der Waals surface area (Å²) in [6.45, 7) is -0.853. The minimum Gasteiger partial charge on any atom is -0.748 e. The number of hydrogen-bond donors (Lipinski definition) is 16. The maximum Gasteiger partial charge on any atom is 1.00 e. The van der Waals surface area contributed by atoms with Crippen molar-refractivity contribution in [2.75, 3.05) is 50.9 Å². The molecule has 48 heavy (non-hydrogen) atoms. The summed E-state index contributed by atoms with van der Waals surface area (Å²) in [4.78, 5) is 0. The zero-order valence-electron chi connectivity index (χ0n) is 27.3. The van der Waals surface area contributed by atoms with Gasteiger partial charge in [-0.1, -0.05) is 0 Å². The van der Waals surface area contributed by atoms with Crippen molar-refractivity contribution in [1.29, 1.82) is 0 Å². The van der Waals surface area contributed by atoms with Gasteiger partial charge in [0.15, 0.2) is 0 Å². The Morgan fingerprint density at radius 2 is 0.854 bits per heavy atom. The summed E-state index contributed by atoms with van der Waals surface area (Å²) in [5.41, 5.74) is 0. The SMILES string of the molecule is O=S(=O)([O-])CCNC1NC(NCC(O)CO)NC(NC2CCC(NC3NC(NCCS(=O)(=O)[O-])NC(NCC(O)CO)N3)CC2)N1.[Li+].[Li+]. The molecular weight excluding hydrogens is 670 g/mol. The van der Waals surface area contributed by atoms with Crippen LogP contribution in [0, 0.1) is 0 Å². The first-order chi connectivity index (χ1) is 21.7. The molecule has 2 heterocycles.